The van der Waals surface area contributed by atoms with Crippen LogP contribution in [0.4, 0.5) is 5.69 Å². The summed E-state index contributed by atoms with van der Waals surface area (Å²) in [5.74, 6) is 1.94. The Morgan fingerprint density at radius 1 is 1.09 bits per heavy atom. The van der Waals surface area contributed by atoms with E-state index in [9.17, 15) is 9.90 Å². The molecule has 8 heteroatoms. The highest BCUT2D eigenvalue weighted by Gasteiger charge is 2.43. The second-order valence-corrected chi connectivity index (χ2v) is 11.8. The van der Waals surface area contributed by atoms with E-state index < -0.39 is 0 Å². The van der Waals surface area contributed by atoms with Crippen LogP contribution in [0.25, 0.3) is 6.08 Å². The number of fused-ring (bicyclic) bond motifs is 3. The van der Waals surface area contributed by atoms with Crippen molar-refractivity contribution >= 4 is 23.4 Å². The summed E-state index contributed by atoms with van der Waals surface area (Å²) in [6, 6.07) is 12.0. The lowest BCUT2D eigenvalue weighted by Crippen LogP contribution is -3.00. The van der Waals surface area contributed by atoms with Gasteiger partial charge in [-0.1, -0.05) is 37.5 Å². The lowest BCUT2D eigenvalue weighted by atomic mass is 9.81. The minimum absolute atomic E-state index is 0. The molecule has 1 aliphatic carbocycles. The zero-order valence-corrected chi connectivity index (χ0v) is 27.6. The second kappa shape index (κ2) is 14.6. The average molecular weight is 699 g/mol. The Hall–Kier alpha value is -3.11. The number of phenols is 1. The smallest absolute Gasteiger partial charge is 0.243 e. The van der Waals surface area contributed by atoms with E-state index in [0.717, 1.165) is 69.2 Å². The molecule has 5 rings (SSSR count). The fourth-order valence-electron chi connectivity index (χ4n) is 6.37. The molecule has 2 aromatic rings. The molecule has 0 atom stereocenters. The van der Waals surface area contributed by atoms with Gasteiger partial charge in [0.05, 0.1) is 17.6 Å². The SMILES string of the molecule is CC[N+]1=C(/C=C/C2=C3Oc4cc(O)cc(OCCCCCCCC(=O)NO)c4C=C3CCC2)C(C)(C)c2ccccc21.[I-]. The molecule has 0 saturated carbocycles. The lowest BCUT2D eigenvalue weighted by molar-refractivity contribution is -0.433. The second-order valence-electron chi connectivity index (χ2n) is 11.8. The Balaban J connectivity index is 0.00000423. The summed E-state index contributed by atoms with van der Waals surface area (Å²) >= 11 is 0. The van der Waals surface area contributed by atoms with E-state index in [-0.39, 0.29) is 41.0 Å². The summed E-state index contributed by atoms with van der Waals surface area (Å²) in [5.41, 5.74) is 8.73. The number of para-hydroxylation sites is 1. The van der Waals surface area contributed by atoms with Gasteiger partial charge in [0.25, 0.3) is 0 Å². The molecule has 230 valence electrons. The van der Waals surface area contributed by atoms with Gasteiger partial charge in [0.1, 0.15) is 29.6 Å². The third kappa shape index (κ3) is 7.17. The molecule has 3 N–H and O–H groups in total. The van der Waals surface area contributed by atoms with Crippen molar-refractivity contribution in [3.05, 3.63) is 76.6 Å². The third-order valence-corrected chi connectivity index (χ3v) is 8.58. The topological polar surface area (TPSA) is 91.0 Å². The quantitative estimate of drug-likeness (QED) is 0.100. The number of benzene rings is 2. The van der Waals surface area contributed by atoms with E-state index in [0.29, 0.717) is 24.5 Å². The largest absolute Gasteiger partial charge is 1.00 e. The number of aromatic hydroxyl groups is 1. The Labute approximate surface area is 272 Å². The number of hydrogen-bond donors (Lipinski definition) is 3. The fourth-order valence-corrected chi connectivity index (χ4v) is 6.37. The zero-order chi connectivity index (χ0) is 29.7. The van der Waals surface area contributed by atoms with Gasteiger partial charge in [0, 0.05) is 36.3 Å². The van der Waals surface area contributed by atoms with E-state index in [1.165, 1.54) is 28.1 Å². The molecule has 0 fully saturated rings. The maximum Gasteiger partial charge on any atom is 0.243 e. The first-order chi connectivity index (χ1) is 20.3. The van der Waals surface area contributed by atoms with Gasteiger partial charge in [-0.2, -0.15) is 4.58 Å². The highest BCUT2D eigenvalue weighted by Crippen LogP contribution is 2.45. The maximum atomic E-state index is 11.1. The molecule has 3 aliphatic rings. The minimum atomic E-state index is -0.340. The number of rotatable bonds is 12. The predicted octanol–water partition coefficient (Wildman–Crippen LogP) is 4.49. The van der Waals surface area contributed by atoms with E-state index in [1.807, 2.05) is 0 Å². The summed E-state index contributed by atoms with van der Waals surface area (Å²) in [5, 5.41) is 19.0. The summed E-state index contributed by atoms with van der Waals surface area (Å²) in [4.78, 5) is 11.1. The van der Waals surface area contributed by atoms with Crippen LogP contribution in [0.3, 0.4) is 0 Å². The van der Waals surface area contributed by atoms with Crippen molar-refractivity contribution in [2.75, 3.05) is 13.2 Å². The number of phenolic OH excluding ortho intramolecular Hbond substituents is 1. The van der Waals surface area contributed by atoms with Crippen LogP contribution in [0.15, 0.2) is 65.5 Å². The van der Waals surface area contributed by atoms with Crippen LogP contribution in [0.2, 0.25) is 0 Å². The Morgan fingerprint density at radius 3 is 2.65 bits per heavy atom. The van der Waals surface area contributed by atoms with E-state index in [1.54, 1.807) is 17.6 Å². The number of unbranched alkanes of at least 4 members (excludes halogenated alkanes) is 4. The number of nitrogens with zero attached hydrogens (tertiary/aromatic N) is 1. The summed E-state index contributed by atoms with van der Waals surface area (Å²) in [7, 11) is 0. The predicted molar refractivity (Wildman–Crippen MR) is 165 cm³/mol. The van der Waals surface area contributed by atoms with Crippen LogP contribution in [0.5, 0.6) is 17.2 Å². The first-order valence-corrected chi connectivity index (χ1v) is 15.3. The molecule has 43 heavy (non-hydrogen) atoms. The maximum absolute atomic E-state index is 11.1. The number of ether oxygens (including phenoxy) is 2. The van der Waals surface area contributed by atoms with Crippen molar-refractivity contribution in [2.24, 2.45) is 0 Å². The van der Waals surface area contributed by atoms with Gasteiger partial charge in [-0.05, 0) is 76.2 Å². The van der Waals surface area contributed by atoms with Gasteiger partial charge >= 0.3 is 0 Å². The molecular formula is C35H43IN2O5. The van der Waals surface area contributed by atoms with Crippen molar-refractivity contribution in [3.63, 3.8) is 0 Å². The van der Waals surface area contributed by atoms with Crippen molar-refractivity contribution in [3.8, 4) is 17.2 Å². The normalized spacial score (nSPS) is 16.6. The fraction of sp³-hybridized carbons (Fsp3) is 0.429. The van der Waals surface area contributed by atoms with Crippen LogP contribution in [0.1, 0.15) is 89.7 Å². The van der Waals surface area contributed by atoms with E-state index >= 15 is 0 Å². The third-order valence-electron chi connectivity index (χ3n) is 8.58. The Bertz CT molecular complexity index is 1470. The molecule has 2 heterocycles. The monoisotopic (exact) mass is 698 g/mol. The summed E-state index contributed by atoms with van der Waals surface area (Å²) < 4.78 is 15.0. The van der Waals surface area contributed by atoms with Gasteiger partial charge in [-0.25, -0.2) is 5.48 Å². The van der Waals surface area contributed by atoms with Gasteiger partial charge in [-0.3, -0.25) is 10.0 Å². The molecule has 0 unspecified atom stereocenters. The molecule has 0 aromatic heterocycles. The van der Waals surface area contributed by atoms with Gasteiger partial charge in [0.15, 0.2) is 5.71 Å². The number of hydrogen-bond acceptors (Lipinski definition) is 5. The Morgan fingerprint density at radius 2 is 1.86 bits per heavy atom. The minimum Gasteiger partial charge on any atom is -1.00 e. The van der Waals surface area contributed by atoms with E-state index in [4.69, 9.17) is 14.7 Å². The number of allylic oxidation sites excluding steroid dienone is 4. The number of carbonyl (C=O) groups excluding carboxylic acids is 1. The standard InChI is InChI=1S/C35H42N2O5.HI/c1-4-37-29-16-10-9-15-28(29)35(2,3)32(37)19-18-24-13-12-14-25-21-27-30(22-26(38)23-31(27)42-34(24)25)41-20-11-7-5-6-8-17-33(39)36-40;/h9-10,15-16,18-19,21-23H,4-8,11-14,17,20H2,1-3H3,(H2,36,39,40);1H. The molecule has 2 aliphatic heterocycles. The molecular weight excluding hydrogens is 655 g/mol. The number of halogens is 1. The van der Waals surface area contributed by atoms with Crippen LogP contribution >= 0.6 is 0 Å². The molecule has 0 bridgehead atoms. The highest BCUT2D eigenvalue weighted by atomic mass is 127. The first kappa shape index (κ1) is 32.8. The molecule has 0 spiro atoms. The molecule has 2 aromatic carbocycles. The van der Waals surface area contributed by atoms with Crippen LogP contribution in [-0.4, -0.2) is 39.7 Å². The number of amides is 1. The first-order valence-electron chi connectivity index (χ1n) is 15.3. The Kier molecular flexibility index (Phi) is 11.1. The van der Waals surface area contributed by atoms with Crippen molar-refractivity contribution in [1.29, 1.82) is 0 Å². The van der Waals surface area contributed by atoms with Crippen molar-refractivity contribution < 1.29 is 53.1 Å². The average Bonchev–Trinajstić information content (AvgIpc) is 3.21. The van der Waals surface area contributed by atoms with Crippen LogP contribution in [0, 0.1) is 0 Å². The zero-order valence-electron chi connectivity index (χ0n) is 25.4. The highest BCUT2D eigenvalue weighted by molar-refractivity contribution is 6.03. The molecule has 0 radical (unpaired) electrons. The van der Waals surface area contributed by atoms with Crippen LogP contribution < -0.4 is 38.9 Å². The van der Waals surface area contributed by atoms with Crippen molar-refractivity contribution in [2.45, 2.75) is 84.0 Å². The summed E-state index contributed by atoms with van der Waals surface area (Å²) in [6.45, 7) is 8.23. The number of hydroxylamine groups is 1. The van der Waals surface area contributed by atoms with Gasteiger partial charge in [-0.15, -0.1) is 0 Å². The number of carbonyl (C=O) groups is 1. The number of nitrogens with one attached hydrogen (secondary N) is 1. The molecule has 7 nitrogen and oxygen atoms in total. The molecule has 1 amide bonds. The summed E-state index contributed by atoms with van der Waals surface area (Å²) in [6.07, 6.45) is 14.5. The van der Waals surface area contributed by atoms with Gasteiger partial charge in [0.2, 0.25) is 11.6 Å². The van der Waals surface area contributed by atoms with Gasteiger partial charge < -0.3 is 38.6 Å². The van der Waals surface area contributed by atoms with E-state index in [2.05, 4.69) is 67.8 Å². The molecule has 0 saturated heterocycles. The van der Waals surface area contributed by atoms with Crippen molar-refractivity contribution in [1.82, 2.24) is 5.48 Å². The lowest BCUT2D eigenvalue weighted by Gasteiger charge is -2.27. The van der Waals surface area contributed by atoms with Crippen LogP contribution in [-0.2, 0) is 10.2 Å².